The monoisotopic (exact) mass is 322 g/mol. The van der Waals surface area contributed by atoms with E-state index in [1.165, 1.54) is 0 Å². The van der Waals surface area contributed by atoms with Crippen LogP contribution in [0.4, 0.5) is 0 Å². The summed E-state index contributed by atoms with van der Waals surface area (Å²) in [5.41, 5.74) is 1.59. The Morgan fingerprint density at radius 1 is 1.17 bits per heavy atom. The summed E-state index contributed by atoms with van der Waals surface area (Å²) in [6, 6.07) is 5.31. The Labute approximate surface area is 138 Å². The molecule has 0 heterocycles. The highest BCUT2D eigenvalue weighted by atomic mass is 16.5. The Kier molecular flexibility index (Phi) is 9.00. The van der Waals surface area contributed by atoms with Crippen LogP contribution in [0.1, 0.15) is 38.8 Å². The van der Waals surface area contributed by atoms with E-state index in [0.717, 1.165) is 5.56 Å². The zero-order valence-corrected chi connectivity index (χ0v) is 14.4. The van der Waals surface area contributed by atoms with Crippen LogP contribution in [0.3, 0.4) is 0 Å². The Morgan fingerprint density at radius 2 is 1.70 bits per heavy atom. The summed E-state index contributed by atoms with van der Waals surface area (Å²) >= 11 is 0. The summed E-state index contributed by atoms with van der Waals surface area (Å²) in [4.78, 5) is 21.0. The number of rotatable bonds is 5. The van der Waals surface area contributed by atoms with Crippen molar-refractivity contribution in [3.05, 3.63) is 42.2 Å². The maximum absolute atomic E-state index is 11.3. The fourth-order valence-corrected chi connectivity index (χ4v) is 1.34. The molecule has 5 heteroatoms. The van der Waals surface area contributed by atoms with Crippen molar-refractivity contribution in [2.45, 2.75) is 34.6 Å². The highest BCUT2D eigenvalue weighted by Gasteiger charge is 2.15. The number of carboxylic acid groups (broad SMARTS) is 1. The lowest BCUT2D eigenvalue weighted by Gasteiger charge is -2.14. The van der Waals surface area contributed by atoms with Crippen LogP contribution in [0.5, 0.6) is 5.75 Å². The van der Waals surface area contributed by atoms with Crippen molar-refractivity contribution in [2.24, 2.45) is 11.8 Å². The van der Waals surface area contributed by atoms with Crippen molar-refractivity contribution < 1.29 is 24.5 Å². The molecule has 128 valence electrons. The largest absolute Gasteiger partial charge is 0.508 e. The van der Waals surface area contributed by atoms with Gasteiger partial charge in [-0.3, -0.25) is 9.59 Å². The standard InChI is InChI=1S/C14H18O3.C4H8O2/c1-9(2)14(16)17-8-11(4)12-6-5-10(3)7-13(12)15;1-3(2)4(5)6/h5-7,9,15H,4,8H2,1-3H3;3H,1-2H3,(H,5,6). The summed E-state index contributed by atoms with van der Waals surface area (Å²) in [6.45, 7) is 12.6. The molecule has 5 nitrogen and oxygen atoms in total. The number of carbonyl (C=O) groups excluding carboxylic acids is 1. The summed E-state index contributed by atoms with van der Waals surface area (Å²) in [5, 5.41) is 17.7. The molecular formula is C18H26O5. The Bertz CT molecular complexity index is 520. The van der Waals surface area contributed by atoms with Gasteiger partial charge in [0.15, 0.2) is 0 Å². The van der Waals surface area contributed by atoms with Crippen LogP contribution in [0, 0.1) is 31.6 Å². The van der Waals surface area contributed by atoms with Gasteiger partial charge < -0.3 is 14.9 Å². The quantitative estimate of drug-likeness (QED) is 0.812. The number of phenols is 1. The van der Waals surface area contributed by atoms with Crippen LogP contribution in [-0.4, -0.2) is 28.8 Å². The molecule has 0 unspecified atom stereocenters. The fraction of sp³-hybridized carbons (Fsp3) is 0.444. The molecule has 0 atom stereocenters. The Balaban J connectivity index is 0.000000688. The number of hydrogen-bond donors (Lipinski definition) is 2. The van der Waals surface area contributed by atoms with E-state index < -0.39 is 5.97 Å². The maximum Gasteiger partial charge on any atom is 0.308 e. The third kappa shape index (κ3) is 8.24. The van der Waals surface area contributed by atoms with Crippen molar-refractivity contribution >= 4 is 11.9 Å². The normalized spacial score (nSPS) is 10.5. The van der Waals surface area contributed by atoms with Gasteiger partial charge >= 0.3 is 11.9 Å². The topological polar surface area (TPSA) is 83.8 Å². The van der Waals surface area contributed by atoms with Gasteiger partial charge in [0.05, 0.1) is 11.8 Å². The molecule has 0 fully saturated rings. The molecule has 0 bridgehead atoms. The van der Waals surface area contributed by atoms with E-state index in [1.54, 1.807) is 39.8 Å². The molecule has 1 aromatic rings. The second-order valence-corrected chi connectivity index (χ2v) is 5.88. The lowest BCUT2D eigenvalue weighted by molar-refractivity contribution is -0.146. The molecular weight excluding hydrogens is 296 g/mol. The van der Waals surface area contributed by atoms with Crippen molar-refractivity contribution in [1.29, 1.82) is 0 Å². The van der Waals surface area contributed by atoms with Crippen molar-refractivity contribution in [3.63, 3.8) is 0 Å². The SMILES string of the molecule is CC(C)C(=O)O.[CH2][C](COC(=O)C(C)C)c1ccc(C)cc1O. The molecule has 0 saturated carbocycles. The number of aryl methyl sites for hydroxylation is 1. The molecule has 0 saturated heterocycles. The molecule has 2 N–H and O–H groups in total. The third-order valence-electron chi connectivity index (χ3n) is 2.89. The number of aliphatic carboxylic acids is 1. The van der Waals surface area contributed by atoms with Gasteiger partial charge in [0.1, 0.15) is 12.4 Å². The minimum atomic E-state index is -0.741. The highest BCUT2D eigenvalue weighted by Crippen LogP contribution is 2.25. The summed E-state index contributed by atoms with van der Waals surface area (Å²) in [7, 11) is 0. The number of hydrogen-bond acceptors (Lipinski definition) is 4. The first kappa shape index (κ1) is 21.0. The van der Waals surface area contributed by atoms with Crippen LogP contribution in [-0.2, 0) is 14.3 Å². The maximum atomic E-state index is 11.3. The van der Waals surface area contributed by atoms with E-state index in [9.17, 15) is 14.7 Å². The molecule has 0 aliphatic carbocycles. The summed E-state index contributed by atoms with van der Waals surface area (Å²) in [5.74, 6) is -0.640. The lowest BCUT2D eigenvalue weighted by atomic mass is 9.99. The van der Waals surface area contributed by atoms with Gasteiger partial charge in [-0.1, -0.05) is 39.8 Å². The van der Waals surface area contributed by atoms with E-state index in [-0.39, 0.29) is 30.2 Å². The smallest absolute Gasteiger partial charge is 0.308 e. The van der Waals surface area contributed by atoms with E-state index in [1.807, 2.05) is 13.0 Å². The van der Waals surface area contributed by atoms with Gasteiger partial charge in [0.25, 0.3) is 0 Å². The first-order chi connectivity index (χ1) is 10.6. The molecule has 1 rings (SSSR count). The number of aromatic hydroxyl groups is 1. The highest BCUT2D eigenvalue weighted by molar-refractivity contribution is 5.71. The number of carbonyl (C=O) groups is 2. The zero-order chi connectivity index (χ0) is 18.2. The summed E-state index contributed by atoms with van der Waals surface area (Å²) < 4.78 is 5.06. The number of carboxylic acids is 1. The van der Waals surface area contributed by atoms with Crippen LogP contribution < -0.4 is 0 Å². The molecule has 23 heavy (non-hydrogen) atoms. The van der Waals surface area contributed by atoms with E-state index in [4.69, 9.17) is 9.84 Å². The second-order valence-electron chi connectivity index (χ2n) is 5.88. The molecule has 0 spiro atoms. The Hall–Kier alpha value is -2.04. The average molecular weight is 322 g/mol. The number of phenolic OH excluding ortho intramolecular Hbond substituents is 1. The Morgan fingerprint density at radius 3 is 2.09 bits per heavy atom. The van der Waals surface area contributed by atoms with E-state index >= 15 is 0 Å². The molecule has 2 radical (unpaired) electrons. The fourth-order valence-electron chi connectivity index (χ4n) is 1.34. The van der Waals surface area contributed by atoms with Gasteiger partial charge in [0.2, 0.25) is 0 Å². The predicted molar refractivity (Wildman–Crippen MR) is 88.8 cm³/mol. The van der Waals surface area contributed by atoms with Gasteiger partial charge in [-0.2, -0.15) is 0 Å². The number of ether oxygens (including phenoxy) is 1. The number of benzene rings is 1. The van der Waals surface area contributed by atoms with Gasteiger partial charge in [-0.05, 0) is 25.5 Å². The van der Waals surface area contributed by atoms with E-state index in [2.05, 4.69) is 6.92 Å². The van der Waals surface area contributed by atoms with Crippen LogP contribution in [0.25, 0.3) is 0 Å². The molecule has 0 amide bonds. The van der Waals surface area contributed by atoms with Crippen LogP contribution >= 0.6 is 0 Å². The summed E-state index contributed by atoms with van der Waals surface area (Å²) in [6.07, 6.45) is 0. The molecule has 1 aromatic carbocycles. The molecule has 0 aliphatic heterocycles. The average Bonchev–Trinajstić information content (AvgIpc) is 2.44. The minimum absolute atomic E-state index is 0.105. The minimum Gasteiger partial charge on any atom is -0.508 e. The zero-order valence-electron chi connectivity index (χ0n) is 14.4. The van der Waals surface area contributed by atoms with Crippen molar-refractivity contribution in [2.75, 3.05) is 6.61 Å². The van der Waals surface area contributed by atoms with Crippen LogP contribution in [0.15, 0.2) is 18.2 Å². The van der Waals surface area contributed by atoms with Gasteiger partial charge in [-0.15, -0.1) is 0 Å². The molecule has 0 aromatic heterocycles. The van der Waals surface area contributed by atoms with Crippen LogP contribution in [0.2, 0.25) is 0 Å². The second kappa shape index (κ2) is 9.87. The van der Waals surface area contributed by atoms with Crippen molar-refractivity contribution in [1.82, 2.24) is 0 Å². The van der Waals surface area contributed by atoms with Gasteiger partial charge in [-0.25, -0.2) is 0 Å². The molecule has 0 aliphatic rings. The first-order valence-electron chi connectivity index (χ1n) is 7.43. The predicted octanol–water partition coefficient (Wildman–Crippen LogP) is 3.38. The third-order valence-corrected chi connectivity index (χ3v) is 2.89. The van der Waals surface area contributed by atoms with Gasteiger partial charge in [0, 0.05) is 11.5 Å². The van der Waals surface area contributed by atoms with E-state index in [0.29, 0.717) is 11.5 Å². The lowest BCUT2D eigenvalue weighted by Crippen LogP contribution is -2.16. The first-order valence-corrected chi connectivity index (χ1v) is 7.43. The number of esters is 1. The van der Waals surface area contributed by atoms with Crippen molar-refractivity contribution in [3.8, 4) is 5.75 Å².